The number of aliphatic hydroxyl groups is 1. The van der Waals surface area contributed by atoms with Crippen molar-refractivity contribution >= 4 is 39.5 Å². The number of ether oxygens (including phenoxy) is 4. The van der Waals surface area contributed by atoms with Crippen molar-refractivity contribution in [3.8, 4) is 0 Å². The van der Waals surface area contributed by atoms with Crippen molar-refractivity contribution in [1.29, 1.82) is 0 Å². The average molecular weight is 1410 g/mol. The van der Waals surface area contributed by atoms with Gasteiger partial charge in [0.2, 0.25) is 0 Å². The molecule has 0 radical (unpaired) electrons. The summed E-state index contributed by atoms with van der Waals surface area (Å²) in [4.78, 5) is 72.8. The van der Waals surface area contributed by atoms with Gasteiger partial charge < -0.3 is 33.8 Å². The lowest BCUT2D eigenvalue weighted by atomic mass is 9.99. The third kappa shape index (κ3) is 69.2. The van der Waals surface area contributed by atoms with Crippen LogP contribution in [-0.2, 0) is 65.4 Å². The van der Waals surface area contributed by atoms with E-state index in [2.05, 4.69) is 41.5 Å². The number of hydrogen-bond donors (Lipinski definition) is 3. The molecule has 0 aliphatic carbocycles. The molecule has 0 saturated carbocycles. The van der Waals surface area contributed by atoms with E-state index in [1.807, 2.05) is 0 Å². The molecule has 6 atom stereocenters. The van der Waals surface area contributed by atoms with Crippen molar-refractivity contribution in [2.75, 3.05) is 39.6 Å². The van der Waals surface area contributed by atoms with E-state index in [4.69, 9.17) is 37.0 Å². The van der Waals surface area contributed by atoms with Crippen molar-refractivity contribution in [2.45, 2.75) is 419 Å². The number of carbonyl (C=O) groups is 4. The fourth-order valence-corrected chi connectivity index (χ4v) is 13.4. The van der Waals surface area contributed by atoms with E-state index in [0.29, 0.717) is 31.6 Å². The second kappa shape index (κ2) is 68.8. The van der Waals surface area contributed by atoms with E-state index in [0.717, 1.165) is 102 Å². The monoisotopic (exact) mass is 1410 g/mol. The maximum atomic E-state index is 13.1. The van der Waals surface area contributed by atoms with Gasteiger partial charge in [-0.15, -0.1) is 0 Å². The Labute approximate surface area is 588 Å². The summed E-state index contributed by atoms with van der Waals surface area (Å²) in [5, 5.41) is 10.6. The first-order chi connectivity index (χ1) is 46.4. The number of aliphatic hydroxyl groups excluding tert-OH is 1. The molecule has 0 bridgehead atoms. The predicted molar refractivity (Wildman–Crippen MR) is 391 cm³/mol. The highest BCUT2D eigenvalue weighted by Crippen LogP contribution is 2.45. The van der Waals surface area contributed by atoms with Gasteiger partial charge in [-0.1, -0.05) is 350 Å². The summed E-state index contributed by atoms with van der Waals surface area (Å²) in [5.41, 5.74) is 0. The van der Waals surface area contributed by atoms with E-state index in [-0.39, 0.29) is 25.7 Å². The Bertz CT molecular complexity index is 1860. The van der Waals surface area contributed by atoms with Crippen LogP contribution < -0.4 is 0 Å². The summed E-state index contributed by atoms with van der Waals surface area (Å²) >= 11 is 0. The van der Waals surface area contributed by atoms with Gasteiger partial charge in [0.05, 0.1) is 26.4 Å². The number of unbranched alkanes of at least 4 members (excludes halogenated alkanes) is 45. The molecule has 0 aromatic rings. The number of esters is 4. The van der Waals surface area contributed by atoms with Crippen LogP contribution in [0, 0.1) is 11.8 Å². The minimum absolute atomic E-state index is 0.106. The summed E-state index contributed by atoms with van der Waals surface area (Å²) in [6.45, 7) is 9.54. The van der Waals surface area contributed by atoms with Crippen molar-refractivity contribution < 1.29 is 80.2 Å². The van der Waals surface area contributed by atoms with Crippen LogP contribution in [0.3, 0.4) is 0 Å². The zero-order chi connectivity index (χ0) is 70.7. The molecule has 19 heteroatoms. The first-order valence-corrected chi connectivity index (χ1v) is 43.0. The Morgan fingerprint density at radius 1 is 0.302 bits per heavy atom. The van der Waals surface area contributed by atoms with Crippen LogP contribution in [-0.4, -0.2) is 96.7 Å². The molecule has 0 amide bonds. The van der Waals surface area contributed by atoms with E-state index in [1.54, 1.807) is 0 Å². The highest BCUT2D eigenvalue weighted by atomic mass is 31.2. The molecule has 0 aromatic carbocycles. The largest absolute Gasteiger partial charge is 0.472 e. The van der Waals surface area contributed by atoms with Gasteiger partial charge in [-0.2, -0.15) is 0 Å². The second-order valence-electron chi connectivity index (χ2n) is 28.5. The molecular weight excluding hydrogens is 1260 g/mol. The molecule has 3 unspecified atom stereocenters. The van der Waals surface area contributed by atoms with Gasteiger partial charge in [-0.25, -0.2) is 9.13 Å². The standard InChI is InChI=1S/C77H150O17P2/c1-7-10-12-14-16-18-20-22-23-24-25-26-27-28-29-30-32-38-42-50-56-62-77(82)93-72(65-87-74(79)59-53-47-40-36-34-33-35-39-46-52-58-70(6)9-3)67-91-95(83,84)89-63-71(78)64-90-96(85,86)92-68-73(66-88-75(80)60-54-48-44-43-45-51-57-69(4)5)94-76(81)61-55-49-41-37-31-21-19-17-15-13-11-8-2/h69-73,78H,7-68H2,1-6H3,(H,83,84)(H,85,86)/t70?,71-,72-,73-/m1/s1. The van der Waals surface area contributed by atoms with E-state index in [9.17, 15) is 43.2 Å². The maximum absolute atomic E-state index is 13.1. The first-order valence-electron chi connectivity index (χ1n) is 40.0. The minimum Gasteiger partial charge on any atom is -0.462 e. The van der Waals surface area contributed by atoms with Crippen molar-refractivity contribution in [2.24, 2.45) is 11.8 Å². The Morgan fingerprint density at radius 2 is 0.531 bits per heavy atom. The first kappa shape index (κ1) is 94.1. The van der Waals surface area contributed by atoms with Crippen molar-refractivity contribution in [3.05, 3.63) is 0 Å². The lowest BCUT2D eigenvalue weighted by Gasteiger charge is -2.21. The number of carbonyl (C=O) groups excluding carboxylic acids is 4. The van der Waals surface area contributed by atoms with Crippen molar-refractivity contribution in [3.63, 3.8) is 0 Å². The predicted octanol–water partition coefficient (Wildman–Crippen LogP) is 22.7. The summed E-state index contributed by atoms with van der Waals surface area (Å²) < 4.78 is 68.5. The third-order valence-electron chi connectivity index (χ3n) is 18.3. The normalized spacial score (nSPS) is 14.3. The number of rotatable bonds is 76. The van der Waals surface area contributed by atoms with Crippen LogP contribution in [0.25, 0.3) is 0 Å². The lowest BCUT2D eigenvalue weighted by Crippen LogP contribution is -2.30. The fourth-order valence-electron chi connectivity index (χ4n) is 11.8. The Hall–Kier alpha value is -1.94. The summed E-state index contributed by atoms with van der Waals surface area (Å²) in [6.07, 6.45) is 57.0. The maximum Gasteiger partial charge on any atom is 0.472 e. The minimum atomic E-state index is -4.96. The molecule has 0 aliphatic rings. The van der Waals surface area contributed by atoms with Gasteiger partial charge >= 0.3 is 39.5 Å². The van der Waals surface area contributed by atoms with Gasteiger partial charge in [0.25, 0.3) is 0 Å². The van der Waals surface area contributed by atoms with E-state index < -0.39 is 97.5 Å². The van der Waals surface area contributed by atoms with Gasteiger partial charge in [0.15, 0.2) is 12.2 Å². The molecule has 96 heavy (non-hydrogen) atoms. The second-order valence-corrected chi connectivity index (χ2v) is 31.4. The van der Waals surface area contributed by atoms with Crippen LogP contribution in [0.1, 0.15) is 401 Å². The molecule has 3 N–H and O–H groups in total. The Kier molecular flexibility index (Phi) is 67.4. The number of phosphoric ester groups is 2. The smallest absolute Gasteiger partial charge is 0.462 e. The molecule has 0 fully saturated rings. The summed E-state index contributed by atoms with van der Waals surface area (Å²) in [6, 6.07) is 0. The quantitative estimate of drug-likeness (QED) is 0.0222. The Morgan fingerprint density at radius 3 is 0.792 bits per heavy atom. The molecule has 570 valence electrons. The van der Waals surface area contributed by atoms with Crippen molar-refractivity contribution in [1.82, 2.24) is 0 Å². The molecule has 0 rings (SSSR count). The van der Waals surface area contributed by atoms with Crippen LogP contribution in [0.2, 0.25) is 0 Å². The van der Waals surface area contributed by atoms with E-state index >= 15 is 0 Å². The highest BCUT2D eigenvalue weighted by molar-refractivity contribution is 7.47. The summed E-state index contributed by atoms with van der Waals surface area (Å²) in [7, 11) is -9.91. The van der Waals surface area contributed by atoms with Gasteiger partial charge in [-0.3, -0.25) is 37.3 Å². The topological polar surface area (TPSA) is 237 Å². The van der Waals surface area contributed by atoms with Crippen LogP contribution in [0.5, 0.6) is 0 Å². The third-order valence-corrected chi connectivity index (χ3v) is 20.2. The van der Waals surface area contributed by atoms with E-state index in [1.165, 1.54) is 212 Å². The van der Waals surface area contributed by atoms with Crippen LogP contribution in [0.15, 0.2) is 0 Å². The Balaban J connectivity index is 5.20. The molecule has 0 heterocycles. The number of hydrogen-bond acceptors (Lipinski definition) is 15. The number of phosphoric acid groups is 2. The zero-order valence-electron chi connectivity index (χ0n) is 62.7. The molecule has 0 aromatic heterocycles. The summed E-state index contributed by atoms with van der Waals surface area (Å²) in [5.74, 6) is -0.628. The van der Waals surface area contributed by atoms with Crippen LogP contribution in [0.4, 0.5) is 0 Å². The molecule has 0 aliphatic heterocycles. The molecule has 0 saturated heterocycles. The lowest BCUT2D eigenvalue weighted by molar-refractivity contribution is -0.161. The van der Waals surface area contributed by atoms with Gasteiger partial charge in [0.1, 0.15) is 19.3 Å². The van der Waals surface area contributed by atoms with Crippen LogP contribution >= 0.6 is 15.6 Å². The average Bonchev–Trinajstić information content (AvgIpc) is 1.10. The molecule has 0 spiro atoms. The highest BCUT2D eigenvalue weighted by Gasteiger charge is 2.30. The van der Waals surface area contributed by atoms with Gasteiger partial charge in [-0.05, 0) is 37.5 Å². The fraction of sp³-hybridized carbons (Fsp3) is 0.948. The zero-order valence-corrected chi connectivity index (χ0v) is 64.5. The molecule has 17 nitrogen and oxygen atoms in total. The SMILES string of the molecule is CCCCCCCCCCCCCCCCCCCCCCCC(=O)O[C@H](COC(=O)CCCCCCCCCCCCC(C)CC)COP(=O)(O)OC[C@@H](O)COP(=O)(O)OC[C@@H](COC(=O)CCCCCCCCC(C)C)OC(=O)CCCCCCCCCCCCCC. The molecular formula is C77H150O17P2. The van der Waals surface area contributed by atoms with Gasteiger partial charge in [0, 0.05) is 25.7 Å².